The van der Waals surface area contributed by atoms with E-state index < -0.39 is 0 Å². The second kappa shape index (κ2) is 7.82. The van der Waals surface area contributed by atoms with Gasteiger partial charge in [0, 0.05) is 24.2 Å². The zero-order valence-corrected chi connectivity index (χ0v) is 17.4. The molecule has 1 unspecified atom stereocenters. The van der Waals surface area contributed by atoms with Crippen molar-refractivity contribution < 1.29 is 14.0 Å². The highest BCUT2D eigenvalue weighted by Gasteiger charge is 2.30. The van der Waals surface area contributed by atoms with Crippen molar-refractivity contribution >= 4 is 28.7 Å². The number of anilines is 1. The fourth-order valence-electron chi connectivity index (χ4n) is 3.57. The van der Waals surface area contributed by atoms with Gasteiger partial charge in [0.05, 0.1) is 12.5 Å². The minimum atomic E-state index is -0.322. The van der Waals surface area contributed by atoms with E-state index in [4.69, 9.17) is 4.42 Å². The molecule has 0 saturated carbocycles. The minimum absolute atomic E-state index is 0.0575. The molecular weight excluding hydrogens is 380 g/mol. The molecule has 1 saturated heterocycles. The third-order valence-electron chi connectivity index (χ3n) is 5.16. The second-order valence-corrected chi connectivity index (χ2v) is 8.56. The molecule has 1 aromatic heterocycles. The largest absolute Gasteiger partial charge is 0.440 e. The zero-order valence-electron chi connectivity index (χ0n) is 17.4. The molecule has 1 fully saturated rings. The highest BCUT2D eigenvalue weighted by atomic mass is 16.3. The first-order chi connectivity index (χ1) is 14.3. The molecule has 2 N–H and O–H groups in total. The number of aromatic nitrogens is 1. The van der Waals surface area contributed by atoms with Gasteiger partial charge in [-0.1, -0.05) is 51.1 Å². The number of carbonyl (C=O) groups excluding carboxylic acids is 2. The molecule has 4 rings (SSSR count). The van der Waals surface area contributed by atoms with E-state index in [1.165, 1.54) is 0 Å². The molecule has 0 radical (unpaired) electrons. The maximum absolute atomic E-state index is 13.1. The van der Waals surface area contributed by atoms with Crippen molar-refractivity contribution in [3.8, 4) is 0 Å². The molecule has 2 aromatic carbocycles. The van der Waals surface area contributed by atoms with Gasteiger partial charge in [-0.3, -0.25) is 4.79 Å². The standard InChI is InChI=1S/C23H26N4O3/c1-23(2,3)21-26-17-13-16(9-10-19(17)30-21)25-22(29)27-12-11-24-20(28)14-18(27)15-7-5-4-6-8-15/h4-10,13,18H,11-12,14H2,1-3H3,(H,24,28)(H,25,29). The number of oxazole rings is 1. The van der Waals surface area contributed by atoms with Crippen LogP contribution in [0.2, 0.25) is 0 Å². The second-order valence-electron chi connectivity index (χ2n) is 8.56. The third-order valence-corrected chi connectivity index (χ3v) is 5.16. The van der Waals surface area contributed by atoms with Crippen molar-refractivity contribution in [3.05, 3.63) is 60.0 Å². The Morgan fingerprint density at radius 2 is 1.97 bits per heavy atom. The van der Waals surface area contributed by atoms with E-state index in [-0.39, 0.29) is 29.8 Å². The first kappa shape index (κ1) is 19.9. The molecule has 3 amide bonds. The van der Waals surface area contributed by atoms with Gasteiger partial charge in [0.1, 0.15) is 5.52 Å². The summed E-state index contributed by atoms with van der Waals surface area (Å²) in [5.74, 6) is 0.597. The molecule has 1 aliphatic heterocycles. The van der Waals surface area contributed by atoms with Crippen LogP contribution in [-0.4, -0.2) is 34.9 Å². The Morgan fingerprint density at radius 1 is 1.20 bits per heavy atom. The van der Waals surface area contributed by atoms with Crippen LogP contribution < -0.4 is 10.6 Å². The molecule has 0 bridgehead atoms. The lowest BCUT2D eigenvalue weighted by molar-refractivity contribution is -0.121. The van der Waals surface area contributed by atoms with Gasteiger partial charge in [-0.15, -0.1) is 0 Å². The van der Waals surface area contributed by atoms with E-state index >= 15 is 0 Å². The topological polar surface area (TPSA) is 87.5 Å². The number of nitrogens with zero attached hydrogens (tertiary/aromatic N) is 2. The lowest BCUT2D eigenvalue weighted by Crippen LogP contribution is -2.39. The number of nitrogens with one attached hydrogen (secondary N) is 2. The minimum Gasteiger partial charge on any atom is -0.440 e. The van der Waals surface area contributed by atoms with E-state index in [9.17, 15) is 9.59 Å². The van der Waals surface area contributed by atoms with Crippen LogP contribution in [0.3, 0.4) is 0 Å². The van der Waals surface area contributed by atoms with Crippen LogP contribution in [0, 0.1) is 0 Å². The fourth-order valence-corrected chi connectivity index (χ4v) is 3.57. The van der Waals surface area contributed by atoms with Crippen LogP contribution >= 0.6 is 0 Å². The summed E-state index contributed by atoms with van der Waals surface area (Å²) in [6.07, 6.45) is 0.231. The number of urea groups is 1. The Bertz CT molecular complexity index is 1070. The molecule has 0 spiro atoms. The molecule has 3 aromatic rings. The highest BCUT2D eigenvalue weighted by molar-refractivity contribution is 5.92. The molecule has 1 aliphatic rings. The molecule has 1 atom stereocenters. The molecule has 0 aliphatic carbocycles. The number of carbonyl (C=O) groups is 2. The molecule has 7 nitrogen and oxygen atoms in total. The Labute approximate surface area is 175 Å². The molecule has 2 heterocycles. The summed E-state index contributed by atoms with van der Waals surface area (Å²) in [5, 5.41) is 5.81. The summed E-state index contributed by atoms with van der Waals surface area (Å²) < 4.78 is 5.83. The Hall–Kier alpha value is -3.35. The van der Waals surface area contributed by atoms with Crippen LogP contribution in [-0.2, 0) is 10.2 Å². The number of hydrogen-bond donors (Lipinski definition) is 2. The summed E-state index contributed by atoms with van der Waals surface area (Å²) in [5.41, 5.74) is 2.76. The number of rotatable bonds is 2. The molecule has 7 heteroatoms. The highest BCUT2D eigenvalue weighted by Crippen LogP contribution is 2.29. The van der Waals surface area contributed by atoms with Crippen molar-refractivity contribution in [2.45, 2.75) is 38.6 Å². The van der Waals surface area contributed by atoms with Gasteiger partial charge >= 0.3 is 6.03 Å². The van der Waals surface area contributed by atoms with Crippen molar-refractivity contribution in [3.63, 3.8) is 0 Å². The molecule has 156 valence electrons. The number of benzene rings is 2. The smallest absolute Gasteiger partial charge is 0.322 e. The van der Waals surface area contributed by atoms with Gasteiger partial charge in [-0.05, 0) is 23.8 Å². The molecular formula is C23H26N4O3. The average Bonchev–Trinajstić information content (AvgIpc) is 3.04. The SMILES string of the molecule is CC(C)(C)c1nc2cc(NC(=O)N3CCNC(=O)CC3c3ccccc3)ccc2o1. The Kier molecular flexibility index (Phi) is 5.20. The van der Waals surface area contributed by atoms with Gasteiger partial charge in [0.15, 0.2) is 5.58 Å². The number of fused-ring (bicyclic) bond motifs is 1. The van der Waals surface area contributed by atoms with Crippen LogP contribution in [0.25, 0.3) is 11.1 Å². The van der Waals surface area contributed by atoms with E-state index in [1.807, 2.05) is 63.2 Å². The zero-order chi connectivity index (χ0) is 21.3. The predicted octanol–water partition coefficient (Wildman–Crippen LogP) is 4.22. The van der Waals surface area contributed by atoms with Crippen molar-refractivity contribution in [1.29, 1.82) is 0 Å². The Balaban J connectivity index is 1.58. The van der Waals surface area contributed by atoms with Crippen molar-refractivity contribution in [1.82, 2.24) is 15.2 Å². The van der Waals surface area contributed by atoms with Gasteiger partial charge in [0.25, 0.3) is 0 Å². The van der Waals surface area contributed by atoms with Crippen molar-refractivity contribution in [2.24, 2.45) is 0 Å². The summed E-state index contributed by atoms with van der Waals surface area (Å²) in [4.78, 5) is 31.6. The monoisotopic (exact) mass is 406 g/mol. The van der Waals surface area contributed by atoms with E-state index in [0.29, 0.717) is 35.8 Å². The van der Waals surface area contributed by atoms with Crippen LogP contribution in [0.15, 0.2) is 52.9 Å². The predicted molar refractivity (Wildman–Crippen MR) is 115 cm³/mol. The maximum atomic E-state index is 13.1. The maximum Gasteiger partial charge on any atom is 0.322 e. The fraction of sp³-hybridized carbons (Fsp3) is 0.348. The lowest BCUT2D eigenvalue weighted by atomic mass is 9.97. The molecule has 30 heavy (non-hydrogen) atoms. The first-order valence-corrected chi connectivity index (χ1v) is 10.1. The van der Waals surface area contributed by atoms with E-state index in [2.05, 4.69) is 15.6 Å². The average molecular weight is 406 g/mol. The Morgan fingerprint density at radius 3 is 2.70 bits per heavy atom. The van der Waals surface area contributed by atoms with E-state index in [0.717, 1.165) is 5.56 Å². The number of hydrogen-bond acceptors (Lipinski definition) is 4. The van der Waals surface area contributed by atoms with Gasteiger partial charge in [-0.25, -0.2) is 9.78 Å². The van der Waals surface area contributed by atoms with Crippen molar-refractivity contribution in [2.75, 3.05) is 18.4 Å². The van der Waals surface area contributed by atoms with Crippen LogP contribution in [0.1, 0.15) is 44.7 Å². The van der Waals surface area contributed by atoms with Gasteiger partial charge in [-0.2, -0.15) is 0 Å². The first-order valence-electron chi connectivity index (χ1n) is 10.1. The summed E-state index contributed by atoms with van der Waals surface area (Å²) in [6.45, 7) is 6.97. The number of amides is 3. The third kappa shape index (κ3) is 4.15. The lowest BCUT2D eigenvalue weighted by Gasteiger charge is -2.29. The normalized spacial score (nSPS) is 17.5. The summed E-state index contributed by atoms with van der Waals surface area (Å²) in [6, 6.07) is 14.5. The van der Waals surface area contributed by atoms with Crippen LogP contribution in [0.5, 0.6) is 0 Å². The van der Waals surface area contributed by atoms with Crippen LogP contribution in [0.4, 0.5) is 10.5 Å². The summed E-state index contributed by atoms with van der Waals surface area (Å²) >= 11 is 0. The van der Waals surface area contributed by atoms with E-state index in [1.54, 1.807) is 11.0 Å². The van der Waals surface area contributed by atoms with Gasteiger partial charge < -0.3 is 20.0 Å². The summed E-state index contributed by atoms with van der Waals surface area (Å²) in [7, 11) is 0. The quantitative estimate of drug-likeness (QED) is 0.667. The van der Waals surface area contributed by atoms with Gasteiger partial charge in [0.2, 0.25) is 11.8 Å².